The number of halogens is 1. The summed E-state index contributed by atoms with van der Waals surface area (Å²) in [6.45, 7) is 3.00. The molecule has 1 amide bonds. The second-order valence-electron chi connectivity index (χ2n) is 5.65. The summed E-state index contributed by atoms with van der Waals surface area (Å²) in [7, 11) is 0. The first-order valence-electron chi connectivity index (χ1n) is 7.24. The zero-order chi connectivity index (χ0) is 15.4. The first kappa shape index (κ1) is 15.5. The minimum Gasteiger partial charge on any atom is -0.481 e. The number of carbonyl (C=O) groups is 2. The zero-order valence-corrected chi connectivity index (χ0v) is 12.1. The number of carbonyl (C=O) groups excluding carboxylic acids is 1. The third kappa shape index (κ3) is 4.03. The summed E-state index contributed by atoms with van der Waals surface area (Å²) in [6, 6.07) is 4.23. The normalized spacial score (nSPS) is 18.6. The molecule has 0 aliphatic carbocycles. The summed E-state index contributed by atoms with van der Waals surface area (Å²) in [4.78, 5) is 24.9. The standard InChI is InChI=1S/C16H20FNO3/c1-11-4-6-13(17)9-14(11)16(21)18-8-2-3-12(10-18)5-7-15(19)20/h4,6,9,12H,2-3,5,7-8,10H2,1H3,(H,19,20)/t12-/m1/s1. The average molecular weight is 293 g/mol. The second kappa shape index (κ2) is 6.70. The van der Waals surface area contributed by atoms with E-state index in [4.69, 9.17) is 5.11 Å². The van der Waals surface area contributed by atoms with Gasteiger partial charge in [-0.2, -0.15) is 0 Å². The largest absolute Gasteiger partial charge is 0.481 e. The van der Waals surface area contributed by atoms with Crippen molar-refractivity contribution in [2.45, 2.75) is 32.6 Å². The Kier molecular flexibility index (Phi) is 4.94. The highest BCUT2D eigenvalue weighted by Gasteiger charge is 2.25. The summed E-state index contributed by atoms with van der Waals surface area (Å²) in [5.41, 5.74) is 1.16. The van der Waals surface area contributed by atoms with Crippen LogP contribution in [0.3, 0.4) is 0 Å². The number of aryl methyl sites for hydroxylation is 1. The molecule has 1 saturated heterocycles. The third-order valence-corrected chi connectivity index (χ3v) is 4.00. The maximum Gasteiger partial charge on any atom is 0.303 e. The van der Waals surface area contributed by atoms with Crippen molar-refractivity contribution in [3.8, 4) is 0 Å². The van der Waals surface area contributed by atoms with Gasteiger partial charge in [0.15, 0.2) is 0 Å². The molecule has 0 aromatic heterocycles. The molecule has 2 rings (SSSR count). The van der Waals surface area contributed by atoms with Gasteiger partial charge >= 0.3 is 5.97 Å². The molecule has 4 nitrogen and oxygen atoms in total. The molecule has 0 saturated carbocycles. The van der Waals surface area contributed by atoms with Gasteiger partial charge in [-0.25, -0.2) is 4.39 Å². The molecule has 1 aliphatic rings. The van der Waals surface area contributed by atoms with Gasteiger partial charge in [-0.1, -0.05) is 6.07 Å². The molecule has 1 atom stereocenters. The molecule has 1 aliphatic heterocycles. The van der Waals surface area contributed by atoms with Crippen molar-refractivity contribution in [2.24, 2.45) is 5.92 Å². The van der Waals surface area contributed by atoms with E-state index in [1.807, 2.05) is 0 Å². The summed E-state index contributed by atoms with van der Waals surface area (Å²) in [6.07, 6.45) is 2.52. The topological polar surface area (TPSA) is 57.6 Å². The van der Waals surface area contributed by atoms with Crippen LogP contribution in [0.15, 0.2) is 18.2 Å². The predicted octanol–water partition coefficient (Wildman–Crippen LogP) is 2.85. The average Bonchev–Trinajstić information content (AvgIpc) is 2.47. The summed E-state index contributed by atoms with van der Waals surface area (Å²) in [5.74, 6) is -1.16. The molecule has 1 fully saturated rings. The fourth-order valence-corrected chi connectivity index (χ4v) is 2.81. The molecular formula is C16H20FNO3. The lowest BCUT2D eigenvalue weighted by molar-refractivity contribution is -0.137. The number of benzene rings is 1. The van der Waals surface area contributed by atoms with Gasteiger partial charge in [-0.3, -0.25) is 9.59 Å². The Bertz CT molecular complexity index is 544. The Hall–Kier alpha value is -1.91. The maximum atomic E-state index is 13.3. The number of carboxylic acid groups (broad SMARTS) is 1. The molecule has 21 heavy (non-hydrogen) atoms. The van der Waals surface area contributed by atoms with Gasteiger partial charge < -0.3 is 10.0 Å². The molecule has 1 N–H and O–H groups in total. The van der Waals surface area contributed by atoms with Crippen molar-refractivity contribution >= 4 is 11.9 Å². The summed E-state index contributed by atoms with van der Waals surface area (Å²) in [5, 5.41) is 8.74. The molecule has 0 bridgehead atoms. The van der Waals surface area contributed by atoms with Crippen molar-refractivity contribution in [1.29, 1.82) is 0 Å². The van der Waals surface area contributed by atoms with E-state index in [2.05, 4.69) is 0 Å². The number of nitrogens with zero attached hydrogens (tertiary/aromatic N) is 1. The van der Waals surface area contributed by atoms with E-state index in [9.17, 15) is 14.0 Å². The van der Waals surface area contributed by atoms with E-state index < -0.39 is 11.8 Å². The number of rotatable bonds is 4. The monoisotopic (exact) mass is 293 g/mol. The molecule has 0 spiro atoms. The smallest absolute Gasteiger partial charge is 0.303 e. The Morgan fingerprint density at radius 1 is 1.43 bits per heavy atom. The van der Waals surface area contributed by atoms with E-state index in [0.717, 1.165) is 18.4 Å². The van der Waals surface area contributed by atoms with E-state index in [-0.39, 0.29) is 18.2 Å². The molecule has 114 valence electrons. The lowest BCUT2D eigenvalue weighted by Crippen LogP contribution is -2.40. The van der Waals surface area contributed by atoms with Crippen LogP contribution in [0.5, 0.6) is 0 Å². The van der Waals surface area contributed by atoms with Gasteiger partial charge in [-0.15, -0.1) is 0 Å². The number of carboxylic acids is 1. The molecule has 1 aromatic rings. The van der Waals surface area contributed by atoms with Crippen LogP contribution in [0.1, 0.15) is 41.6 Å². The van der Waals surface area contributed by atoms with Crippen LogP contribution in [0, 0.1) is 18.7 Å². The van der Waals surface area contributed by atoms with Gasteiger partial charge in [0.05, 0.1) is 0 Å². The Balaban J connectivity index is 2.05. The molecule has 5 heteroatoms. The zero-order valence-electron chi connectivity index (χ0n) is 12.1. The SMILES string of the molecule is Cc1ccc(F)cc1C(=O)N1CCC[C@H](CCC(=O)O)C1. The Labute approximate surface area is 123 Å². The highest BCUT2D eigenvalue weighted by atomic mass is 19.1. The number of hydrogen-bond acceptors (Lipinski definition) is 2. The van der Waals surface area contributed by atoms with Crippen LogP contribution >= 0.6 is 0 Å². The van der Waals surface area contributed by atoms with Gasteiger partial charge in [-0.05, 0) is 49.8 Å². The molecule has 0 radical (unpaired) electrons. The quantitative estimate of drug-likeness (QED) is 0.928. The summed E-state index contributed by atoms with van der Waals surface area (Å²) >= 11 is 0. The fourth-order valence-electron chi connectivity index (χ4n) is 2.81. The van der Waals surface area contributed by atoms with Crippen molar-refractivity contribution < 1.29 is 19.1 Å². The lowest BCUT2D eigenvalue weighted by atomic mass is 9.92. The molecule has 1 aromatic carbocycles. The Morgan fingerprint density at radius 2 is 2.19 bits per heavy atom. The van der Waals surface area contributed by atoms with Crippen molar-refractivity contribution in [3.63, 3.8) is 0 Å². The maximum absolute atomic E-state index is 13.3. The van der Waals surface area contributed by atoms with Gasteiger partial charge in [0.2, 0.25) is 0 Å². The van der Waals surface area contributed by atoms with Crippen LogP contribution in [0.25, 0.3) is 0 Å². The highest BCUT2D eigenvalue weighted by Crippen LogP contribution is 2.23. The van der Waals surface area contributed by atoms with E-state index in [1.165, 1.54) is 12.1 Å². The van der Waals surface area contributed by atoms with Crippen LogP contribution in [-0.2, 0) is 4.79 Å². The van der Waals surface area contributed by atoms with E-state index in [0.29, 0.717) is 25.1 Å². The summed E-state index contributed by atoms with van der Waals surface area (Å²) < 4.78 is 13.3. The minimum absolute atomic E-state index is 0.131. The van der Waals surface area contributed by atoms with Crippen molar-refractivity contribution in [2.75, 3.05) is 13.1 Å². The molecule has 1 heterocycles. The molecular weight excluding hydrogens is 273 g/mol. The lowest BCUT2D eigenvalue weighted by Gasteiger charge is -2.33. The van der Waals surface area contributed by atoms with Gasteiger partial charge in [0.1, 0.15) is 5.82 Å². The number of hydrogen-bond donors (Lipinski definition) is 1. The number of amides is 1. The van der Waals surface area contributed by atoms with Gasteiger partial charge in [0, 0.05) is 25.1 Å². The molecule has 0 unspecified atom stereocenters. The highest BCUT2D eigenvalue weighted by molar-refractivity contribution is 5.95. The third-order valence-electron chi connectivity index (χ3n) is 4.00. The van der Waals surface area contributed by atoms with Crippen LogP contribution in [0.2, 0.25) is 0 Å². The van der Waals surface area contributed by atoms with Gasteiger partial charge in [0.25, 0.3) is 5.91 Å². The van der Waals surface area contributed by atoms with E-state index in [1.54, 1.807) is 17.9 Å². The van der Waals surface area contributed by atoms with Crippen molar-refractivity contribution in [3.05, 3.63) is 35.1 Å². The fraction of sp³-hybridized carbons (Fsp3) is 0.500. The second-order valence-corrected chi connectivity index (χ2v) is 5.65. The van der Waals surface area contributed by atoms with E-state index >= 15 is 0 Å². The number of piperidine rings is 1. The number of aliphatic carboxylic acids is 1. The first-order valence-corrected chi connectivity index (χ1v) is 7.24. The van der Waals surface area contributed by atoms with Crippen molar-refractivity contribution in [1.82, 2.24) is 4.90 Å². The van der Waals surface area contributed by atoms with Crippen LogP contribution in [0.4, 0.5) is 4.39 Å². The predicted molar refractivity (Wildman–Crippen MR) is 76.6 cm³/mol. The number of likely N-dealkylation sites (tertiary alicyclic amines) is 1. The van der Waals surface area contributed by atoms with Crippen LogP contribution in [-0.4, -0.2) is 35.0 Å². The minimum atomic E-state index is -0.806. The van der Waals surface area contributed by atoms with Crippen LogP contribution < -0.4 is 0 Å². The Morgan fingerprint density at radius 3 is 2.90 bits per heavy atom. The first-order chi connectivity index (χ1) is 9.97.